The highest BCUT2D eigenvalue weighted by molar-refractivity contribution is 7.98. The molecule has 0 aliphatic carbocycles. The molecule has 0 aliphatic heterocycles. The van der Waals surface area contributed by atoms with Gasteiger partial charge in [0, 0.05) is 0 Å². The summed E-state index contributed by atoms with van der Waals surface area (Å²) in [4.78, 5) is 0.794. The van der Waals surface area contributed by atoms with Gasteiger partial charge in [0.25, 0.3) is 0 Å². The first-order valence-electron chi connectivity index (χ1n) is 4.49. The molecule has 0 fully saturated rings. The van der Waals surface area contributed by atoms with Gasteiger partial charge in [-0.1, -0.05) is 6.07 Å². The van der Waals surface area contributed by atoms with E-state index in [1.807, 2.05) is 33.1 Å². The van der Waals surface area contributed by atoms with E-state index in [2.05, 4.69) is 0 Å². The number of benzene rings is 1. The van der Waals surface area contributed by atoms with Crippen molar-refractivity contribution in [3.05, 3.63) is 18.2 Å². The molecule has 0 aromatic heterocycles. The second-order valence-electron chi connectivity index (χ2n) is 4.02. The molecule has 0 radical (unpaired) electrons. The molecule has 0 amide bonds. The lowest BCUT2D eigenvalue weighted by Crippen LogP contribution is -2.23. The van der Waals surface area contributed by atoms with Crippen molar-refractivity contribution in [2.24, 2.45) is 0 Å². The van der Waals surface area contributed by atoms with Crippen molar-refractivity contribution in [1.82, 2.24) is 0 Å². The number of phenolic OH excluding ortho intramolecular Hbond substituents is 1. The van der Waals surface area contributed by atoms with E-state index in [4.69, 9.17) is 4.74 Å². The largest absolute Gasteiger partial charge is 0.507 e. The van der Waals surface area contributed by atoms with E-state index >= 15 is 0 Å². The molecule has 1 N–H and O–H groups in total. The van der Waals surface area contributed by atoms with Crippen molar-refractivity contribution in [2.75, 3.05) is 6.26 Å². The predicted molar refractivity (Wildman–Crippen MR) is 60.3 cm³/mol. The van der Waals surface area contributed by atoms with E-state index < -0.39 is 0 Å². The van der Waals surface area contributed by atoms with Gasteiger partial charge in [0.15, 0.2) is 0 Å². The molecule has 1 aromatic rings. The highest BCUT2D eigenvalue weighted by Gasteiger charge is 2.15. The Labute approximate surface area is 89.3 Å². The summed E-state index contributed by atoms with van der Waals surface area (Å²) in [6, 6.07) is 5.33. The molecule has 0 bridgehead atoms. The summed E-state index contributed by atoms with van der Waals surface area (Å²) in [6.07, 6.45) is 1.92. The number of aromatic hydroxyl groups is 1. The summed E-state index contributed by atoms with van der Waals surface area (Å²) in [6.45, 7) is 5.96. The third-order valence-corrected chi connectivity index (χ3v) is 2.40. The standard InChI is InChI=1S/C11H16O2S/c1-11(2,3)13-9-7-5-6-8(12)10(9)14-4/h5-7,12H,1-4H3. The van der Waals surface area contributed by atoms with Gasteiger partial charge in [-0.15, -0.1) is 11.8 Å². The van der Waals surface area contributed by atoms with Gasteiger partial charge in [0.2, 0.25) is 0 Å². The van der Waals surface area contributed by atoms with Crippen molar-refractivity contribution >= 4 is 11.8 Å². The second kappa shape index (κ2) is 4.13. The molecule has 0 spiro atoms. The molecule has 78 valence electrons. The van der Waals surface area contributed by atoms with E-state index in [-0.39, 0.29) is 11.4 Å². The average molecular weight is 212 g/mol. The number of thioether (sulfide) groups is 1. The highest BCUT2D eigenvalue weighted by atomic mass is 32.2. The number of hydrogen-bond donors (Lipinski definition) is 1. The molecule has 1 rings (SSSR count). The third-order valence-electron chi connectivity index (χ3n) is 1.58. The Morgan fingerprint density at radius 2 is 1.93 bits per heavy atom. The maximum atomic E-state index is 9.59. The van der Waals surface area contributed by atoms with Crippen LogP contribution in [-0.4, -0.2) is 17.0 Å². The molecular formula is C11H16O2S. The molecule has 14 heavy (non-hydrogen) atoms. The molecule has 0 saturated heterocycles. The Hall–Kier alpha value is -0.830. The minimum Gasteiger partial charge on any atom is -0.507 e. The first kappa shape index (κ1) is 11.2. The van der Waals surface area contributed by atoms with Gasteiger partial charge < -0.3 is 9.84 Å². The molecule has 1 aromatic carbocycles. The van der Waals surface area contributed by atoms with Gasteiger partial charge in [0.1, 0.15) is 17.1 Å². The van der Waals surface area contributed by atoms with E-state index in [9.17, 15) is 5.11 Å². The van der Waals surface area contributed by atoms with Crippen LogP contribution in [0.15, 0.2) is 23.1 Å². The second-order valence-corrected chi connectivity index (χ2v) is 4.84. The molecule has 0 aliphatic rings. The van der Waals surface area contributed by atoms with Crippen molar-refractivity contribution in [1.29, 1.82) is 0 Å². The summed E-state index contributed by atoms with van der Waals surface area (Å²) in [5.41, 5.74) is -0.238. The Balaban J connectivity index is 3.02. The van der Waals surface area contributed by atoms with Crippen LogP contribution in [0.5, 0.6) is 11.5 Å². The number of phenols is 1. The maximum absolute atomic E-state index is 9.59. The van der Waals surface area contributed by atoms with Gasteiger partial charge in [-0.3, -0.25) is 0 Å². The van der Waals surface area contributed by atoms with Crippen LogP contribution < -0.4 is 4.74 Å². The molecule has 0 saturated carbocycles. The van der Waals surface area contributed by atoms with Crippen molar-refractivity contribution in [3.63, 3.8) is 0 Å². The Morgan fingerprint density at radius 3 is 2.43 bits per heavy atom. The zero-order chi connectivity index (χ0) is 10.8. The lowest BCUT2D eigenvalue weighted by Gasteiger charge is -2.23. The van der Waals surface area contributed by atoms with Crippen molar-refractivity contribution in [2.45, 2.75) is 31.3 Å². The quantitative estimate of drug-likeness (QED) is 0.763. The lowest BCUT2D eigenvalue weighted by molar-refractivity contribution is 0.126. The van der Waals surface area contributed by atoms with Gasteiger partial charge >= 0.3 is 0 Å². The lowest BCUT2D eigenvalue weighted by atomic mass is 10.2. The topological polar surface area (TPSA) is 29.5 Å². The Morgan fingerprint density at radius 1 is 1.29 bits per heavy atom. The molecule has 0 heterocycles. The Bertz CT molecular complexity index is 316. The van der Waals surface area contributed by atoms with Gasteiger partial charge in [-0.25, -0.2) is 0 Å². The van der Waals surface area contributed by atoms with Crippen LogP contribution in [0, 0.1) is 0 Å². The first-order valence-corrected chi connectivity index (χ1v) is 5.71. The van der Waals surface area contributed by atoms with Crippen molar-refractivity contribution < 1.29 is 9.84 Å². The molecule has 0 unspecified atom stereocenters. The zero-order valence-electron chi connectivity index (χ0n) is 9.00. The highest BCUT2D eigenvalue weighted by Crippen LogP contribution is 2.36. The number of ether oxygens (including phenoxy) is 1. The van der Waals surface area contributed by atoms with Crippen LogP contribution in [0.1, 0.15) is 20.8 Å². The van der Waals surface area contributed by atoms with Crippen LogP contribution in [0.2, 0.25) is 0 Å². The zero-order valence-corrected chi connectivity index (χ0v) is 9.81. The van der Waals surface area contributed by atoms with E-state index in [1.165, 1.54) is 11.8 Å². The van der Waals surface area contributed by atoms with Gasteiger partial charge in [-0.05, 0) is 39.2 Å². The minimum absolute atomic E-state index is 0.238. The molecule has 3 heteroatoms. The van der Waals surface area contributed by atoms with Gasteiger partial charge in [0.05, 0.1) is 4.90 Å². The smallest absolute Gasteiger partial charge is 0.137 e. The fourth-order valence-corrected chi connectivity index (χ4v) is 1.71. The number of rotatable bonds is 2. The number of hydrogen-bond acceptors (Lipinski definition) is 3. The molecular weight excluding hydrogens is 196 g/mol. The summed E-state index contributed by atoms with van der Waals surface area (Å²) >= 11 is 1.49. The first-order chi connectivity index (χ1) is 6.44. The summed E-state index contributed by atoms with van der Waals surface area (Å²) in [5.74, 6) is 1.02. The maximum Gasteiger partial charge on any atom is 0.137 e. The van der Waals surface area contributed by atoms with Crippen LogP contribution in [0.4, 0.5) is 0 Å². The fraction of sp³-hybridized carbons (Fsp3) is 0.455. The monoisotopic (exact) mass is 212 g/mol. The fourth-order valence-electron chi connectivity index (χ4n) is 1.12. The van der Waals surface area contributed by atoms with E-state index in [0.29, 0.717) is 0 Å². The molecule has 0 atom stereocenters. The normalized spacial score (nSPS) is 11.4. The minimum atomic E-state index is -0.238. The van der Waals surface area contributed by atoms with E-state index in [1.54, 1.807) is 12.1 Å². The molecule has 2 nitrogen and oxygen atoms in total. The van der Waals surface area contributed by atoms with Crippen LogP contribution >= 0.6 is 11.8 Å². The summed E-state index contributed by atoms with van der Waals surface area (Å²) in [5, 5.41) is 9.59. The SMILES string of the molecule is CSc1c(O)cccc1OC(C)(C)C. The predicted octanol–water partition coefficient (Wildman–Crippen LogP) is 3.29. The van der Waals surface area contributed by atoms with Crippen LogP contribution in [0.3, 0.4) is 0 Å². The Kier molecular flexibility index (Phi) is 3.32. The third kappa shape index (κ3) is 2.84. The average Bonchev–Trinajstić information content (AvgIpc) is 2.01. The van der Waals surface area contributed by atoms with E-state index in [0.717, 1.165) is 10.6 Å². The summed E-state index contributed by atoms with van der Waals surface area (Å²) < 4.78 is 5.72. The van der Waals surface area contributed by atoms with Gasteiger partial charge in [-0.2, -0.15) is 0 Å². The van der Waals surface area contributed by atoms with Crippen molar-refractivity contribution in [3.8, 4) is 11.5 Å². The van der Waals surface area contributed by atoms with Crippen LogP contribution in [0.25, 0.3) is 0 Å². The summed E-state index contributed by atoms with van der Waals surface area (Å²) in [7, 11) is 0. The van der Waals surface area contributed by atoms with Crippen LogP contribution in [-0.2, 0) is 0 Å².